The molecule has 1 amide bonds. The van der Waals surface area contributed by atoms with Crippen LogP contribution in [0.25, 0.3) is 0 Å². The first-order valence-electron chi connectivity index (χ1n) is 4.67. The minimum absolute atomic E-state index is 0.0317. The topological polar surface area (TPSA) is 55.1 Å². The van der Waals surface area contributed by atoms with Crippen molar-refractivity contribution < 1.29 is 4.79 Å². The van der Waals surface area contributed by atoms with Gasteiger partial charge in [-0.3, -0.25) is 4.79 Å². The van der Waals surface area contributed by atoms with Crippen LogP contribution in [0.5, 0.6) is 0 Å². The van der Waals surface area contributed by atoms with Crippen molar-refractivity contribution >= 4 is 17.7 Å². The van der Waals surface area contributed by atoms with E-state index in [9.17, 15) is 4.79 Å². The summed E-state index contributed by atoms with van der Waals surface area (Å²) in [6.07, 6.45) is 3.78. The Morgan fingerprint density at radius 1 is 1.62 bits per heavy atom. The first-order chi connectivity index (χ1) is 6.11. The summed E-state index contributed by atoms with van der Waals surface area (Å²) < 4.78 is 0. The van der Waals surface area contributed by atoms with E-state index in [1.165, 1.54) is 0 Å². The largest absolute Gasteiger partial charge is 0.355 e. The predicted molar refractivity (Wildman–Crippen MR) is 58.9 cm³/mol. The highest BCUT2D eigenvalue weighted by molar-refractivity contribution is 7.99. The molecular weight excluding hydrogens is 184 g/mol. The van der Waals surface area contributed by atoms with Gasteiger partial charge in [0.2, 0.25) is 5.91 Å². The van der Waals surface area contributed by atoms with Crippen LogP contribution in [0, 0.1) is 0 Å². The number of thioether (sulfide) groups is 1. The Labute approximate surface area is 84.8 Å². The molecule has 4 heteroatoms. The van der Waals surface area contributed by atoms with Gasteiger partial charge in [-0.2, -0.15) is 11.8 Å². The standard InChI is InChI=1S/C9H20N2OS/c1-4-8(10)9(12)11-6-5-7(2)13-3/h7-8H,4-6,10H2,1-3H3,(H,11,12)/t7?,8-/m1/s1. The third-order valence-corrected chi connectivity index (χ3v) is 3.07. The van der Waals surface area contributed by atoms with E-state index < -0.39 is 0 Å². The molecule has 0 bridgehead atoms. The molecule has 13 heavy (non-hydrogen) atoms. The molecule has 0 saturated heterocycles. The zero-order valence-electron chi connectivity index (χ0n) is 8.67. The van der Waals surface area contributed by atoms with Crippen molar-refractivity contribution in [1.82, 2.24) is 5.32 Å². The zero-order valence-corrected chi connectivity index (χ0v) is 9.49. The molecule has 0 rings (SSSR count). The highest BCUT2D eigenvalue weighted by Gasteiger charge is 2.09. The average Bonchev–Trinajstić information content (AvgIpc) is 2.15. The second kappa shape index (κ2) is 7.21. The second-order valence-electron chi connectivity index (χ2n) is 3.14. The molecule has 78 valence electrons. The van der Waals surface area contributed by atoms with Gasteiger partial charge in [0.05, 0.1) is 6.04 Å². The number of carbonyl (C=O) groups is 1. The Bertz CT molecular complexity index is 153. The minimum atomic E-state index is -0.343. The van der Waals surface area contributed by atoms with E-state index >= 15 is 0 Å². The molecule has 0 fully saturated rings. The summed E-state index contributed by atoms with van der Waals surface area (Å²) in [7, 11) is 0. The molecule has 0 aliphatic heterocycles. The van der Waals surface area contributed by atoms with Crippen LogP contribution in [0.1, 0.15) is 26.7 Å². The molecule has 2 atom stereocenters. The van der Waals surface area contributed by atoms with Crippen LogP contribution in [-0.2, 0) is 4.79 Å². The van der Waals surface area contributed by atoms with Crippen LogP contribution in [0.15, 0.2) is 0 Å². The van der Waals surface area contributed by atoms with Crippen molar-refractivity contribution in [3.05, 3.63) is 0 Å². The smallest absolute Gasteiger partial charge is 0.236 e. The molecule has 3 N–H and O–H groups in total. The fourth-order valence-corrected chi connectivity index (χ4v) is 1.19. The van der Waals surface area contributed by atoms with Gasteiger partial charge in [-0.15, -0.1) is 0 Å². The molecular formula is C9H20N2OS. The summed E-state index contributed by atoms with van der Waals surface area (Å²) in [5.41, 5.74) is 5.55. The highest BCUT2D eigenvalue weighted by Crippen LogP contribution is 2.07. The number of nitrogens with two attached hydrogens (primary N) is 1. The third-order valence-electron chi connectivity index (χ3n) is 2.03. The minimum Gasteiger partial charge on any atom is -0.355 e. The molecule has 0 aliphatic rings. The summed E-state index contributed by atoms with van der Waals surface area (Å²) in [6, 6.07) is -0.343. The molecule has 0 spiro atoms. The third kappa shape index (κ3) is 5.93. The van der Waals surface area contributed by atoms with Crippen molar-refractivity contribution in [2.24, 2.45) is 5.73 Å². The average molecular weight is 204 g/mol. The van der Waals surface area contributed by atoms with Gasteiger partial charge in [0.1, 0.15) is 0 Å². The Balaban J connectivity index is 3.47. The van der Waals surface area contributed by atoms with Crippen molar-refractivity contribution in [3.8, 4) is 0 Å². The van der Waals surface area contributed by atoms with Crippen LogP contribution >= 0.6 is 11.8 Å². The molecule has 3 nitrogen and oxygen atoms in total. The van der Waals surface area contributed by atoms with Crippen LogP contribution in [-0.4, -0.2) is 30.0 Å². The monoisotopic (exact) mass is 204 g/mol. The Morgan fingerprint density at radius 3 is 2.69 bits per heavy atom. The summed E-state index contributed by atoms with van der Waals surface area (Å²) in [6.45, 7) is 4.79. The maximum Gasteiger partial charge on any atom is 0.236 e. The summed E-state index contributed by atoms with van der Waals surface area (Å²) in [5, 5.41) is 3.42. The first kappa shape index (κ1) is 12.8. The van der Waals surface area contributed by atoms with Gasteiger partial charge in [-0.1, -0.05) is 13.8 Å². The van der Waals surface area contributed by atoms with Crippen molar-refractivity contribution in [3.63, 3.8) is 0 Å². The van der Waals surface area contributed by atoms with Crippen LogP contribution in [0.2, 0.25) is 0 Å². The fourth-order valence-electron chi connectivity index (χ4n) is 0.833. The number of amides is 1. The number of nitrogens with one attached hydrogen (secondary N) is 1. The Kier molecular flexibility index (Phi) is 7.09. The maximum atomic E-state index is 11.2. The lowest BCUT2D eigenvalue weighted by molar-refractivity contribution is -0.122. The van der Waals surface area contributed by atoms with Gasteiger partial charge in [-0.25, -0.2) is 0 Å². The van der Waals surface area contributed by atoms with E-state index in [1.807, 2.05) is 18.7 Å². The molecule has 0 saturated carbocycles. The number of rotatable bonds is 6. The van der Waals surface area contributed by atoms with Gasteiger partial charge < -0.3 is 11.1 Å². The zero-order chi connectivity index (χ0) is 10.3. The van der Waals surface area contributed by atoms with Crippen molar-refractivity contribution in [2.45, 2.75) is 38.0 Å². The summed E-state index contributed by atoms with van der Waals surface area (Å²) in [5.74, 6) is -0.0317. The highest BCUT2D eigenvalue weighted by atomic mass is 32.2. The van der Waals surface area contributed by atoms with E-state index in [0.717, 1.165) is 13.0 Å². The molecule has 0 aromatic rings. The second-order valence-corrected chi connectivity index (χ2v) is 4.42. The lowest BCUT2D eigenvalue weighted by atomic mass is 10.2. The molecule has 1 unspecified atom stereocenters. The van der Waals surface area contributed by atoms with Gasteiger partial charge in [0, 0.05) is 11.8 Å². The van der Waals surface area contributed by atoms with Gasteiger partial charge in [0.15, 0.2) is 0 Å². The quantitative estimate of drug-likeness (QED) is 0.678. The van der Waals surface area contributed by atoms with E-state index in [-0.39, 0.29) is 11.9 Å². The Hall–Kier alpha value is -0.220. The SMILES string of the molecule is CC[C@@H](N)C(=O)NCCC(C)SC. The predicted octanol–water partition coefficient (Wildman–Crippen LogP) is 0.981. The lowest BCUT2D eigenvalue weighted by Crippen LogP contribution is -2.40. The molecule has 0 radical (unpaired) electrons. The summed E-state index contributed by atoms with van der Waals surface area (Å²) in [4.78, 5) is 11.2. The summed E-state index contributed by atoms with van der Waals surface area (Å²) >= 11 is 1.81. The fraction of sp³-hybridized carbons (Fsp3) is 0.889. The first-order valence-corrected chi connectivity index (χ1v) is 5.96. The van der Waals surface area contributed by atoms with Crippen LogP contribution in [0.4, 0.5) is 0 Å². The number of carbonyl (C=O) groups excluding carboxylic acids is 1. The van der Waals surface area contributed by atoms with Gasteiger partial charge in [0.25, 0.3) is 0 Å². The maximum absolute atomic E-state index is 11.2. The van der Waals surface area contributed by atoms with Gasteiger partial charge in [-0.05, 0) is 19.1 Å². The molecule has 0 heterocycles. The molecule has 0 aliphatic carbocycles. The number of hydrogen-bond donors (Lipinski definition) is 2. The van der Waals surface area contributed by atoms with E-state index in [4.69, 9.17) is 5.73 Å². The molecule has 0 aromatic carbocycles. The van der Waals surface area contributed by atoms with Gasteiger partial charge >= 0.3 is 0 Å². The van der Waals surface area contributed by atoms with E-state index in [1.54, 1.807) is 0 Å². The normalized spacial score (nSPS) is 15.1. The lowest BCUT2D eigenvalue weighted by Gasteiger charge is -2.11. The van der Waals surface area contributed by atoms with Crippen molar-refractivity contribution in [2.75, 3.05) is 12.8 Å². The van der Waals surface area contributed by atoms with Crippen LogP contribution < -0.4 is 11.1 Å². The number of hydrogen-bond acceptors (Lipinski definition) is 3. The van der Waals surface area contributed by atoms with E-state index in [0.29, 0.717) is 11.7 Å². The van der Waals surface area contributed by atoms with E-state index in [2.05, 4.69) is 18.5 Å². The van der Waals surface area contributed by atoms with Crippen LogP contribution in [0.3, 0.4) is 0 Å². The Morgan fingerprint density at radius 2 is 2.23 bits per heavy atom. The molecule has 0 aromatic heterocycles. The van der Waals surface area contributed by atoms with Crippen molar-refractivity contribution in [1.29, 1.82) is 0 Å².